The quantitative estimate of drug-likeness (QED) is 0.247. The van der Waals surface area contributed by atoms with E-state index in [9.17, 15) is 9.90 Å². The zero-order chi connectivity index (χ0) is 25.6. The number of hydrogen-bond donors (Lipinski definition) is 3. The molecule has 3 N–H and O–H groups in total. The molecule has 2 aliphatic rings. The molecule has 0 bridgehead atoms. The molecule has 37 heavy (non-hydrogen) atoms. The Morgan fingerprint density at radius 1 is 0.946 bits per heavy atom. The van der Waals surface area contributed by atoms with Gasteiger partial charge in [0.1, 0.15) is 17.6 Å². The van der Waals surface area contributed by atoms with Crippen molar-refractivity contribution in [3.63, 3.8) is 0 Å². The van der Waals surface area contributed by atoms with E-state index in [1.54, 1.807) is 12.1 Å². The molecule has 0 atom stereocenters. The van der Waals surface area contributed by atoms with Crippen LogP contribution in [0.15, 0.2) is 90.3 Å². The third-order valence-corrected chi connectivity index (χ3v) is 6.94. The summed E-state index contributed by atoms with van der Waals surface area (Å²) in [5.74, 6) is 0.117. The summed E-state index contributed by atoms with van der Waals surface area (Å²) >= 11 is 0. The Morgan fingerprint density at radius 2 is 1.62 bits per heavy atom. The maximum absolute atomic E-state index is 13.5. The maximum Gasteiger partial charge on any atom is 0.293 e. The second-order valence-electron chi connectivity index (χ2n) is 9.53. The number of allylic oxidation sites excluding steroid dienone is 1. The summed E-state index contributed by atoms with van der Waals surface area (Å²) < 4.78 is 6.40. The van der Waals surface area contributed by atoms with Gasteiger partial charge in [-0.15, -0.1) is 0 Å². The highest BCUT2D eigenvalue weighted by atomic mass is 16.5. The van der Waals surface area contributed by atoms with Crippen molar-refractivity contribution in [3.8, 4) is 5.75 Å². The number of para-hydroxylation sites is 1. The van der Waals surface area contributed by atoms with Crippen LogP contribution in [-0.4, -0.2) is 59.3 Å². The molecule has 0 aromatic heterocycles. The Labute approximate surface area is 217 Å². The molecule has 7 heteroatoms. The molecule has 0 radical (unpaired) electrons. The number of ether oxygens (including phenoxy) is 1. The first kappa shape index (κ1) is 24.6. The molecule has 1 saturated heterocycles. The van der Waals surface area contributed by atoms with Gasteiger partial charge in [0.25, 0.3) is 5.91 Å². The van der Waals surface area contributed by atoms with E-state index in [2.05, 4.69) is 27.2 Å². The Morgan fingerprint density at radius 3 is 2.27 bits per heavy atom. The zero-order valence-electron chi connectivity index (χ0n) is 20.8. The van der Waals surface area contributed by atoms with Crippen LogP contribution in [0.4, 0.5) is 5.69 Å². The van der Waals surface area contributed by atoms with E-state index in [0.717, 1.165) is 38.0 Å². The number of amides is 1. The highest BCUT2D eigenvalue weighted by Gasteiger charge is 2.30. The van der Waals surface area contributed by atoms with Gasteiger partial charge < -0.3 is 25.5 Å². The number of piperazine rings is 1. The Kier molecular flexibility index (Phi) is 7.51. The molecule has 7 nitrogen and oxygen atoms in total. The molecule has 0 unspecified atom stereocenters. The van der Waals surface area contributed by atoms with Crippen molar-refractivity contribution in [2.45, 2.75) is 25.5 Å². The first-order valence-corrected chi connectivity index (χ1v) is 12.7. The monoisotopic (exact) mass is 496 g/mol. The van der Waals surface area contributed by atoms with E-state index < -0.39 is 0 Å². The largest absolute Gasteiger partial charge is 0.508 e. The Bertz CT molecular complexity index is 1260. The SMILES string of the molecule is N=C/C(=C(/OC1Cc2ccccc2C1)C(=O)Nc1ccccc1)N1CCN(Cc2cccc(O)c2)CC1. The minimum absolute atomic E-state index is 0.157. The zero-order valence-corrected chi connectivity index (χ0v) is 20.8. The fourth-order valence-corrected chi connectivity index (χ4v) is 5.07. The molecule has 3 aromatic carbocycles. The standard InChI is InChI=1S/C30H32N4O3/c31-20-28(34-15-13-33(14-16-34)21-22-7-6-12-26(35)17-22)29(30(36)32-25-10-2-1-3-11-25)37-27-18-23-8-4-5-9-24(23)19-27/h1-12,17,20,27,31,35H,13-16,18-19,21H2,(H,32,36)/b29-28-,31-20?. The maximum atomic E-state index is 13.5. The first-order chi connectivity index (χ1) is 18.1. The van der Waals surface area contributed by atoms with Crippen LogP contribution in [0.1, 0.15) is 16.7 Å². The van der Waals surface area contributed by atoms with Crippen LogP contribution in [0.2, 0.25) is 0 Å². The third-order valence-electron chi connectivity index (χ3n) is 6.94. The number of rotatable bonds is 8. The predicted octanol–water partition coefficient (Wildman–Crippen LogP) is 4.19. The van der Waals surface area contributed by atoms with Crippen molar-refractivity contribution in [1.82, 2.24) is 9.80 Å². The number of nitrogens with one attached hydrogen (secondary N) is 2. The minimum atomic E-state index is -0.345. The van der Waals surface area contributed by atoms with Gasteiger partial charge in [0, 0.05) is 57.5 Å². The lowest BCUT2D eigenvalue weighted by Gasteiger charge is -2.37. The summed E-state index contributed by atoms with van der Waals surface area (Å²) in [6.07, 6.45) is 2.56. The summed E-state index contributed by atoms with van der Waals surface area (Å²) in [7, 11) is 0. The summed E-state index contributed by atoms with van der Waals surface area (Å²) in [6.45, 7) is 3.62. The number of hydrogen-bond acceptors (Lipinski definition) is 6. The average molecular weight is 497 g/mol. The van der Waals surface area contributed by atoms with Crippen LogP contribution in [0, 0.1) is 5.41 Å². The van der Waals surface area contributed by atoms with Gasteiger partial charge in [-0.25, -0.2) is 0 Å². The molecule has 1 fully saturated rings. The van der Waals surface area contributed by atoms with E-state index in [-0.39, 0.29) is 23.5 Å². The molecule has 1 amide bonds. The fraction of sp³-hybridized carbons (Fsp3) is 0.267. The summed E-state index contributed by atoms with van der Waals surface area (Å²) in [6, 6.07) is 24.9. The lowest BCUT2D eigenvalue weighted by atomic mass is 10.1. The fourth-order valence-electron chi connectivity index (χ4n) is 5.07. The number of phenols is 1. The Balaban J connectivity index is 1.33. The van der Waals surface area contributed by atoms with Crippen molar-refractivity contribution < 1.29 is 14.6 Å². The molecule has 1 heterocycles. The number of phenolic OH excluding ortho intramolecular Hbond substituents is 1. The smallest absolute Gasteiger partial charge is 0.293 e. The molecule has 0 saturated carbocycles. The summed E-state index contributed by atoms with van der Waals surface area (Å²) in [4.78, 5) is 17.9. The van der Waals surface area contributed by atoms with Crippen molar-refractivity contribution in [3.05, 3.63) is 107 Å². The molecular formula is C30H32N4O3. The molecule has 5 rings (SSSR count). The third kappa shape index (κ3) is 6.01. The van der Waals surface area contributed by atoms with E-state index in [0.29, 0.717) is 24.5 Å². The number of aromatic hydroxyl groups is 1. The predicted molar refractivity (Wildman–Crippen MR) is 145 cm³/mol. The van der Waals surface area contributed by atoms with Gasteiger partial charge >= 0.3 is 0 Å². The number of fused-ring (bicyclic) bond motifs is 1. The van der Waals surface area contributed by atoms with E-state index in [1.807, 2.05) is 54.6 Å². The molecule has 0 spiro atoms. The lowest BCUT2D eigenvalue weighted by Crippen LogP contribution is -2.46. The van der Waals surface area contributed by atoms with Crippen LogP contribution in [0.5, 0.6) is 5.75 Å². The average Bonchev–Trinajstić information content (AvgIpc) is 3.33. The molecule has 3 aromatic rings. The van der Waals surface area contributed by atoms with Gasteiger partial charge in [-0.1, -0.05) is 54.6 Å². The van der Waals surface area contributed by atoms with Crippen LogP contribution in [0.3, 0.4) is 0 Å². The number of nitrogens with zero attached hydrogens (tertiary/aromatic N) is 2. The van der Waals surface area contributed by atoms with Crippen molar-refractivity contribution in [1.29, 1.82) is 5.41 Å². The lowest BCUT2D eigenvalue weighted by molar-refractivity contribution is -0.117. The number of carbonyl (C=O) groups excluding carboxylic acids is 1. The van der Waals surface area contributed by atoms with E-state index in [1.165, 1.54) is 17.3 Å². The summed E-state index contributed by atoms with van der Waals surface area (Å²) in [5.41, 5.74) is 4.73. The highest BCUT2D eigenvalue weighted by Crippen LogP contribution is 2.27. The van der Waals surface area contributed by atoms with Crippen molar-refractivity contribution in [2.24, 2.45) is 0 Å². The van der Waals surface area contributed by atoms with Gasteiger partial charge in [-0.3, -0.25) is 9.69 Å². The molecule has 1 aliphatic heterocycles. The van der Waals surface area contributed by atoms with Gasteiger partial charge in [0.15, 0.2) is 0 Å². The molecular weight excluding hydrogens is 464 g/mol. The number of carbonyl (C=O) groups is 1. The second kappa shape index (κ2) is 11.3. The normalized spacial score (nSPS) is 16.6. The van der Waals surface area contributed by atoms with Crippen LogP contribution in [0.25, 0.3) is 0 Å². The minimum Gasteiger partial charge on any atom is -0.508 e. The van der Waals surface area contributed by atoms with Crippen molar-refractivity contribution in [2.75, 3.05) is 31.5 Å². The molecule has 190 valence electrons. The van der Waals surface area contributed by atoms with Gasteiger partial charge in [0.2, 0.25) is 5.76 Å². The molecule has 1 aliphatic carbocycles. The van der Waals surface area contributed by atoms with Crippen LogP contribution >= 0.6 is 0 Å². The number of anilines is 1. The topological polar surface area (TPSA) is 88.9 Å². The van der Waals surface area contributed by atoms with Gasteiger partial charge in [0.05, 0.1) is 0 Å². The number of benzene rings is 3. The highest BCUT2D eigenvalue weighted by molar-refractivity contribution is 6.05. The van der Waals surface area contributed by atoms with E-state index >= 15 is 0 Å². The van der Waals surface area contributed by atoms with Crippen molar-refractivity contribution >= 4 is 17.8 Å². The van der Waals surface area contributed by atoms with Crippen LogP contribution < -0.4 is 5.32 Å². The second-order valence-corrected chi connectivity index (χ2v) is 9.53. The summed E-state index contributed by atoms with van der Waals surface area (Å²) in [5, 5.41) is 21.0. The Hall–Kier alpha value is -4.10. The van der Waals surface area contributed by atoms with Gasteiger partial charge in [-0.2, -0.15) is 0 Å². The van der Waals surface area contributed by atoms with Gasteiger partial charge in [-0.05, 0) is 41.0 Å². The van der Waals surface area contributed by atoms with E-state index in [4.69, 9.17) is 10.1 Å². The first-order valence-electron chi connectivity index (χ1n) is 12.7. The van der Waals surface area contributed by atoms with Crippen LogP contribution in [-0.2, 0) is 28.9 Å².